The van der Waals surface area contributed by atoms with Gasteiger partial charge in [0, 0.05) is 30.4 Å². The first-order valence-electron chi connectivity index (χ1n) is 7.24. The van der Waals surface area contributed by atoms with Crippen molar-refractivity contribution in [3.63, 3.8) is 0 Å². The maximum absolute atomic E-state index is 6.03. The van der Waals surface area contributed by atoms with Crippen LogP contribution in [0.4, 0.5) is 11.4 Å². The van der Waals surface area contributed by atoms with Gasteiger partial charge in [-0.25, -0.2) is 0 Å². The van der Waals surface area contributed by atoms with Crippen LogP contribution in [0.3, 0.4) is 0 Å². The Morgan fingerprint density at radius 1 is 0.947 bits per heavy atom. The molecule has 0 saturated carbocycles. The van der Waals surface area contributed by atoms with Crippen molar-refractivity contribution in [2.45, 2.75) is 32.1 Å². The van der Waals surface area contributed by atoms with Crippen LogP contribution in [0.1, 0.15) is 32.1 Å². The van der Waals surface area contributed by atoms with E-state index in [2.05, 4.69) is 22.0 Å². The van der Waals surface area contributed by atoms with E-state index in [-0.39, 0.29) is 0 Å². The van der Waals surface area contributed by atoms with Gasteiger partial charge in [0.2, 0.25) is 0 Å². The van der Waals surface area contributed by atoms with Gasteiger partial charge in [-0.15, -0.1) is 0 Å². The number of aromatic nitrogens is 1. The molecule has 0 aliphatic carbocycles. The summed E-state index contributed by atoms with van der Waals surface area (Å²) in [6.45, 7) is 2.29. The molecule has 1 aromatic heterocycles. The second-order valence-electron chi connectivity index (χ2n) is 5.33. The number of anilines is 2. The lowest BCUT2D eigenvalue weighted by molar-refractivity contribution is 0.557. The lowest BCUT2D eigenvalue weighted by Gasteiger charge is -2.28. The number of nitrogens with two attached hydrogens (primary N) is 1. The molecule has 1 aliphatic heterocycles. The summed E-state index contributed by atoms with van der Waals surface area (Å²) < 4.78 is 0. The molecule has 2 aromatic rings. The third-order valence-corrected chi connectivity index (χ3v) is 3.97. The van der Waals surface area contributed by atoms with Gasteiger partial charge in [0.05, 0.1) is 11.2 Å². The monoisotopic (exact) mass is 255 g/mol. The Morgan fingerprint density at radius 3 is 2.47 bits per heavy atom. The molecule has 0 atom stereocenters. The molecule has 3 rings (SSSR count). The fourth-order valence-corrected chi connectivity index (χ4v) is 2.94. The Labute approximate surface area is 114 Å². The van der Waals surface area contributed by atoms with E-state index in [1.54, 1.807) is 0 Å². The molecule has 2 N–H and O–H groups in total. The standard InChI is InChI=1S/C16H21N3/c17-14-8-9-15(13-7-6-10-18-16(13)14)19-11-4-2-1-3-5-12-19/h6-10H,1-5,11-12,17H2. The van der Waals surface area contributed by atoms with Crippen molar-refractivity contribution in [2.24, 2.45) is 0 Å². The van der Waals surface area contributed by atoms with Crippen molar-refractivity contribution in [3.05, 3.63) is 30.5 Å². The topological polar surface area (TPSA) is 42.1 Å². The fraction of sp³-hybridized carbons (Fsp3) is 0.438. The Morgan fingerprint density at radius 2 is 1.68 bits per heavy atom. The van der Waals surface area contributed by atoms with Gasteiger partial charge in [0.1, 0.15) is 0 Å². The third-order valence-electron chi connectivity index (χ3n) is 3.97. The highest BCUT2D eigenvalue weighted by atomic mass is 15.1. The number of pyridine rings is 1. The van der Waals surface area contributed by atoms with Gasteiger partial charge in [-0.2, -0.15) is 0 Å². The number of benzene rings is 1. The van der Waals surface area contributed by atoms with Crippen LogP contribution >= 0.6 is 0 Å². The second kappa shape index (κ2) is 5.47. The molecule has 0 radical (unpaired) electrons. The number of nitrogen functional groups attached to an aromatic ring is 1. The van der Waals surface area contributed by atoms with Crippen LogP contribution in [0.15, 0.2) is 30.5 Å². The lowest BCUT2D eigenvalue weighted by atomic mass is 10.1. The molecule has 1 saturated heterocycles. The van der Waals surface area contributed by atoms with Gasteiger partial charge >= 0.3 is 0 Å². The number of fused-ring (bicyclic) bond motifs is 1. The third kappa shape index (κ3) is 2.50. The Balaban J connectivity index is 2.01. The van der Waals surface area contributed by atoms with E-state index in [0.717, 1.165) is 24.3 Å². The van der Waals surface area contributed by atoms with Crippen molar-refractivity contribution in [1.82, 2.24) is 4.98 Å². The van der Waals surface area contributed by atoms with Gasteiger partial charge in [0.15, 0.2) is 0 Å². The van der Waals surface area contributed by atoms with Gasteiger partial charge in [-0.1, -0.05) is 19.3 Å². The summed E-state index contributed by atoms with van der Waals surface area (Å²) in [4.78, 5) is 6.93. The summed E-state index contributed by atoms with van der Waals surface area (Å²) in [5.74, 6) is 0. The summed E-state index contributed by atoms with van der Waals surface area (Å²) in [7, 11) is 0. The van der Waals surface area contributed by atoms with Crippen LogP contribution in [0.25, 0.3) is 10.9 Å². The maximum atomic E-state index is 6.03. The Hall–Kier alpha value is -1.77. The molecule has 0 unspecified atom stereocenters. The summed E-state index contributed by atoms with van der Waals surface area (Å²) in [6.07, 6.45) is 8.47. The zero-order chi connectivity index (χ0) is 13.1. The largest absolute Gasteiger partial charge is 0.397 e. The molecular formula is C16H21N3. The molecule has 1 fully saturated rings. The molecule has 3 heteroatoms. The van der Waals surface area contributed by atoms with E-state index in [1.807, 2.05) is 18.3 Å². The first-order chi connectivity index (χ1) is 9.36. The van der Waals surface area contributed by atoms with Crippen molar-refractivity contribution in [1.29, 1.82) is 0 Å². The van der Waals surface area contributed by atoms with Crippen LogP contribution in [0, 0.1) is 0 Å². The summed E-state index contributed by atoms with van der Waals surface area (Å²) in [5.41, 5.74) is 9.02. The molecule has 0 spiro atoms. The molecule has 2 heterocycles. The molecular weight excluding hydrogens is 234 g/mol. The fourth-order valence-electron chi connectivity index (χ4n) is 2.94. The minimum atomic E-state index is 0.770. The van der Waals surface area contributed by atoms with E-state index >= 15 is 0 Å². The van der Waals surface area contributed by atoms with Gasteiger partial charge in [-0.05, 0) is 37.1 Å². The molecule has 0 amide bonds. The van der Waals surface area contributed by atoms with E-state index < -0.39 is 0 Å². The van der Waals surface area contributed by atoms with E-state index in [0.29, 0.717) is 0 Å². The zero-order valence-corrected chi connectivity index (χ0v) is 11.3. The number of rotatable bonds is 1. The summed E-state index contributed by atoms with van der Waals surface area (Å²) in [5, 5.41) is 1.18. The van der Waals surface area contributed by atoms with Crippen LogP contribution in [0.2, 0.25) is 0 Å². The van der Waals surface area contributed by atoms with Gasteiger partial charge in [0.25, 0.3) is 0 Å². The number of hydrogen-bond acceptors (Lipinski definition) is 3. The highest BCUT2D eigenvalue weighted by Crippen LogP contribution is 2.30. The van der Waals surface area contributed by atoms with Crippen molar-refractivity contribution in [2.75, 3.05) is 23.7 Å². The van der Waals surface area contributed by atoms with Crippen LogP contribution in [-0.4, -0.2) is 18.1 Å². The Kier molecular flexibility index (Phi) is 3.53. The highest BCUT2D eigenvalue weighted by molar-refractivity contribution is 5.98. The first-order valence-corrected chi connectivity index (χ1v) is 7.24. The minimum Gasteiger partial charge on any atom is -0.397 e. The van der Waals surface area contributed by atoms with Gasteiger partial charge in [-0.3, -0.25) is 4.98 Å². The quantitative estimate of drug-likeness (QED) is 0.792. The molecule has 19 heavy (non-hydrogen) atoms. The minimum absolute atomic E-state index is 0.770. The number of hydrogen-bond donors (Lipinski definition) is 1. The molecule has 3 nitrogen and oxygen atoms in total. The maximum Gasteiger partial charge on any atom is 0.0951 e. The average molecular weight is 255 g/mol. The summed E-state index contributed by atoms with van der Waals surface area (Å²) >= 11 is 0. The van der Waals surface area contributed by atoms with Crippen molar-refractivity contribution in [3.8, 4) is 0 Å². The summed E-state index contributed by atoms with van der Waals surface area (Å²) in [6, 6.07) is 8.27. The predicted octanol–water partition coefficient (Wildman–Crippen LogP) is 3.59. The SMILES string of the molecule is Nc1ccc(N2CCCCCCC2)c2cccnc12. The van der Waals surface area contributed by atoms with Gasteiger partial charge < -0.3 is 10.6 Å². The predicted molar refractivity (Wildman–Crippen MR) is 81.5 cm³/mol. The van der Waals surface area contributed by atoms with Crippen LogP contribution in [0.5, 0.6) is 0 Å². The van der Waals surface area contributed by atoms with E-state index in [4.69, 9.17) is 5.73 Å². The van der Waals surface area contributed by atoms with Crippen LogP contribution in [-0.2, 0) is 0 Å². The Bertz CT molecular complexity index is 557. The molecule has 100 valence electrons. The lowest BCUT2D eigenvalue weighted by Crippen LogP contribution is -2.27. The van der Waals surface area contributed by atoms with Crippen molar-refractivity contribution < 1.29 is 0 Å². The molecule has 1 aliphatic rings. The highest BCUT2D eigenvalue weighted by Gasteiger charge is 2.13. The smallest absolute Gasteiger partial charge is 0.0951 e. The second-order valence-corrected chi connectivity index (χ2v) is 5.33. The normalized spacial score (nSPS) is 17.2. The molecule has 0 bridgehead atoms. The average Bonchev–Trinajstić information content (AvgIpc) is 2.40. The van der Waals surface area contributed by atoms with Crippen LogP contribution < -0.4 is 10.6 Å². The van der Waals surface area contributed by atoms with E-state index in [1.165, 1.54) is 43.2 Å². The number of nitrogens with zero attached hydrogens (tertiary/aromatic N) is 2. The van der Waals surface area contributed by atoms with E-state index in [9.17, 15) is 0 Å². The van der Waals surface area contributed by atoms with Crippen molar-refractivity contribution >= 4 is 22.3 Å². The molecule has 1 aromatic carbocycles. The zero-order valence-electron chi connectivity index (χ0n) is 11.3. The first kappa shape index (κ1) is 12.3.